The maximum atomic E-state index is 13.3. The summed E-state index contributed by atoms with van der Waals surface area (Å²) in [7, 11) is 1.16. The average molecular weight is 432 g/mol. The van der Waals surface area contributed by atoms with Crippen molar-refractivity contribution >= 4 is 26.9 Å². The standard InChI is InChI=1S/C21H26FN5O2S/c1-23-21(24-11-10-15-13-25-19-12-17(22)8-9-18(15)19)26-14-16-6-4-5-7-20(16)30(28,29)27(2)3/h4-9,12-13,25H,10-11,14H2,1-3H3,(H2,23,24,26). The number of nitrogens with zero attached hydrogens (tertiary/aromatic N) is 2. The number of H-pyrrole nitrogens is 1. The summed E-state index contributed by atoms with van der Waals surface area (Å²) in [4.78, 5) is 7.55. The number of benzene rings is 2. The van der Waals surface area contributed by atoms with Crippen molar-refractivity contribution in [1.29, 1.82) is 0 Å². The molecule has 3 rings (SSSR count). The van der Waals surface area contributed by atoms with Gasteiger partial charge >= 0.3 is 0 Å². The minimum atomic E-state index is -3.53. The quantitative estimate of drug-likeness (QED) is 0.396. The number of nitrogens with one attached hydrogen (secondary N) is 3. The molecule has 2 aromatic carbocycles. The molecule has 1 aromatic heterocycles. The van der Waals surface area contributed by atoms with Crippen molar-refractivity contribution in [3.05, 3.63) is 65.6 Å². The first kappa shape index (κ1) is 21.8. The van der Waals surface area contributed by atoms with Crippen LogP contribution in [0, 0.1) is 5.82 Å². The van der Waals surface area contributed by atoms with Gasteiger partial charge in [-0.25, -0.2) is 17.1 Å². The fraction of sp³-hybridized carbons (Fsp3) is 0.286. The molecule has 160 valence electrons. The molecule has 0 saturated heterocycles. The Balaban J connectivity index is 1.61. The second kappa shape index (κ2) is 9.27. The lowest BCUT2D eigenvalue weighted by atomic mass is 10.1. The van der Waals surface area contributed by atoms with Crippen molar-refractivity contribution in [2.75, 3.05) is 27.7 Å². The highest BCUT2D eigenvalue weighted by Gasteiger charge is 2.20. The van der Waals surface area contributed by atoms with Crippen LogP contribution in [-0.2, 0) is 23.0 Å². The van der Waals surface area contributed by atoms with Crippen LogP contribution in [0.5, 0.6) is 0 Å². The Bertz CT molecular complexity index is 1160. The summed E-state index contributed by atoms with van der Waals surface area (Å²) in [5.41, 5.74) is 2.51. The maximum absolute atomic E-state index is 13.3. The van der Waals surface area contributed by atoms with Crippen LogP contribution >= 0.6 is 0 Å². The number of fused-ring (bicyclic) bond motifs is 1. The van der Waals surface area contributed by atoms with Gasteiger partial charge in [-0.2, -0.15) is 0 Å². The van der Waals surface area contributed by atoms with Crippen LogP contribution in [0.15, 0.2) is 58.5 Å². The van der Waals surface area contributed by atoms with Gasteiger partial charge in [-0.3, -0.25) is 4.99 Å². The highest BCUT2D eigenvalue weighted by atomic mass is 32.2. The first-order chi connectivity index (χ1) is 14.3. The summed E-state index contributed by atoms with van der Waals surface area (Å²) in [5.74, 6) is 0.299. The van der Waals surface area contributed by atoms with E-state index in [1.165, 1.54) is 30.5 Å². The lowest BCUT2D eigenvalue weighted by Crippen LogP contribution is -2.38. The van der Waals surface area contributed by atoms with Crippen molar-refractivity contribution < 1.29 is 12.8 Å². The third-order valence-corrected chi connectivity index (χ3v) is 6.73. The molecular weight excluding hydrogens is 405 g/mol. The molecule has 0 radical (unpaired) electrons. The molecule has 3 aromatic rings. The van der Waals surface area contributed by atoms with Gasteiger partial charge in [-0.15, -0.1) is 0 Å². The number of guanidine groups is 1. The molecule has 0 atom stereocenters. The summed E-state index contributed by atoms with van der Waals surface area (Å²) in [6, 6.07) is 11.6. The molecule has 30 heavy (non-hydrogen) atoms. The zero-order chi connectivity index (χ0) is 21.7. The predicted octanol–water partition coefficient (Wildman–Crippen LogP) is 2.47. The van der Waals surface area contributed by atoms with Gasteiger partial charge in [0.25, 0.3) is 0 Å². The van der Waals surface area contributed by atoms with E-state index in [2.05, 4.69) is 20.6 Å². The van der Waals surface area contributed by atoms with Crippen molar-refractivity contribution in [2.45, 2.75) is 17.9 Å². The van der Waals surface area contributed by atoms with Crippen molar-refractivity contribution in [1.82, 2.24) is 19.9 Å². The van der Waals surface area contributed by atoms with Gasteiger partial charge in [-0.05, 0) is 41.8 Å². The smallest absolute Gasteiger partial charge is 0.242 e. The van der Waals surface area contributed by atoms with E-state index in [0.29, 0.717) is 24.6 Å². The Labute approximate surface area is 176 Å². The van der Waals surface area contributed by atoms with Gasteiger partial charge in [0.05, 0.1) is 4.90 Å². The minimum Gasteiger partial charge on any atom is -0.361 e. The Morgan fingerprint density at radius 2 is 1.90 bits per heavy atom. The molecule has 1 heterocycles. The normalized spacial score (nSPS) is 12.5. The highest BCUT2D eigenvalue weighted by Crippen LogP contribution is 2.20. The van der Waals surface area contributed by atoms with Gasteiger partial charge in [-0.1, -0.05) is 18.2 Å². The van der Waals surface area contributed by atoms with E-state index in [1.54, 1.807) is 31.3 Å². The van der Waals surface area contributed by atoms with Crippen LogP contribution in [0.4, 0.5) is 4.39 Å². The first-order valence-electron chi connectivity index (χ1n) is 9.53. The topological polar surface area (TPSA) is 89.6 Å². The Morgan fingerprint density at radius 1 is 1.13 bits per heavy atom. The van der Waals surface area contributed by atoms with Gasteiger partial charge in [0.1, 0.15) is 5.82 Å². The molecule has 0 unspecified atom stereocenters. The van der Waals surface area contributed by atoms with E-state index >= 15 is 0 Å². The Kier molecular flexibility index (Phi) is 6.73. The summed E-state index contributed by atoms with van der Waals surface area (Å²) < 4.78 is 39.6. The van der Waals surface area contributed by atoms with Crippen LogP contribution in [-0.4, -0.2) is 51.4 Å². The number of aromatic nitrogens is 1. The van der Waals surface area contributed by atoms with Crippen LogP contribution in [0.25, 0.3) is 10.9 Å². The minimum absolute atomic E-state index is 0.268. The summed E-state index contributed by atoms with van der Waals surface area (Å²) >= 11 is 0. The number of rotatable bonds is 7. The second-order valence-electron chi connectivity index (χ2n) is 7.00. The highest BCUT2D eigenvalue weighted by molar-refractivity contribution is 7.89. The van der Waals surface area contributed by atoms with Crippen molar-refractivity contribution in [3.63, 3.8) is 0 Å². The lowest BCUT2D eigenvalue weighted by molar-refractivity contribution is 0.519. The molecule has 0 amide bonds. The molecule has 0 bridgehead atoms. The monoisotopic (exact) mass is 431 g/mol. The number of sulfonamides is 1. The number of hydrogen-bond donors (Lipinski definition) is 3. The summed E-state index contributed by atoms with van der Waals surface area (Å²) in [6.07, 6.45) is 2.60. The number of aromatic amines is 1. The van der Waals surface area contributed by atoms with Crippen molar-refractivity contribution in [2.24, 2.45) is 4.99 Å². The lowest BCUT2D eigenvalue weighted by Gasteiger charge is -2.17. The number of halogens is 1. The van der Waals surface area contributed by atoms with Crippen LogP contribution in [0.1, 0.15) is 11.1 Å². The predicted molar refractivity (Wildman–Crippen MR) is 117 cm³/mol. The molecule has 0 spiro atoms. The molecule has 9 heteroatoms. The van der Waals surface area contributed by atoms with Gasteiger partial charge < -0.3 is 15.6 Å². The largest absolute Gasteiger partial charge is 0.361 e. The first-order valence-corrected chi connectivity index (χ1v) is 11.0. The number of aliphatic imine (C=N–C) groups is 1. The van der Waals surface area contributed by atoms with Crippen LogP contribution in [0.2, 0.25) is 0 Å². The zero-order valence-electron chi connectivity index (χ0n) is 17.2. The van der Waals surface area contributed by atoms with Gasteiger partial charge in [0, 0.05) is 51.3 Å². The Morgan fingerprint density at radius 3 is 2.63 bits per heavy atom. The van der Waals surface area contributed by atoms with E-state index in [1.807, 2.05) is 12.3 Å². The SMILES string of the molecule is CN=C(NCCc1c[nH]c2cc(F)ccc12)NCc1ccccc1S(=O)(=O)N(C)C. The number of hydrogen-bond acceptors (Lipinski definition) is 3. The van der Waals surface area contributed by atoms with E-state index in [4.69, 9.17) is 0 Å². The van der Waals surface area contributed by atoms with E-state index in [-0.39, 0.29) is 10.7 Å². The second-order valence-corrected chi connectivity index (χ2v) is 9.12. The zero-order valence-corrected chi connectivity index (χ0v) is 18.1. The molecular formula is C21H26FN5O2S. The summed E-state index contributed by atoms with van der Waals surface area (Å²) in [5, 5.41) is 7.38. The molecule has 0 fully saturated rings. The fourth-order valence-corrected chi connectivity index (χ4v) is 4.29. The third kappa shape index (κ3) is 4.80. The molecule has 0 aliphatic heterocycles. The van der Waals surface area contributed by atoms with Crippen molar-refractivity contribution in [3.8, 4) is 0 Å². The Hall–Kier alpha value is -2.91. The molecule has 0 saturated carbocycles. The molecule has 0 aliphatic carbocycles. The van der Waals surface area contributed by atoms with Gasteiger partial charge in [0.2, 0.25) is 10.0 Å². The van der Waals surface area contributed by atoms with E-state index < -0.39 is 10.0 Å². The third-order valence-electron chi connectivity index (χ3n) is 4.82. The average Bonchev–Trinajstić information content (AvgIpc) is 3.12. The van der Waals surface area contributed by atoms with Gasteiger partial charge in [0.15, 0.2) is 5.96 Å². The molecule has 0 aliphatic rings. The van der Waals surface area contributed by atoms with E-state index in [0.717, 1.165) is 22.9 Å². The van der Waals surface area contributed by atoms with E-state index in [9.17, 15) is 12.8 Å². The fourth-order valence-electron chi connectivity index (χ4n) is 3.18. The van der Waals surface area contributed by atoms with Crippen LogP contribution < -0.4 is 10.6 Å². The molecule has 3 N–H and O–H groups in total. The summed E-state index contributed by atoms with van der Waals surface area (Å²) in [6.45, 7) is 0.928. The van der Waals surface area contributed by atoms with Crippen LogP contribution in [0.3, 0.4) is 0 Å². The maximum Gasteiger partial charge on any atom is 0.242 e. The molecule has 7 nitrogen and oxygen atoms in total.